The lowest BCUT2D eigenvalue weighted by Gasteiger charge is -2.18. The van der Waals surface area contributed by atoms with Gasteiger partial charge in [0.2, 0.25) is 0 Å². The molecule has 0 aliphatic carbocycles. The lowest BCUT2D eigenvalue weighted by molar-refractivity contribution is -0.187. The van der Waals surface area contributed by atoms with Gasteiger partial charge in [-0.05, 0) is 24.3 Å². The molecule has 0 unspecified atom stereocenters. The Morgan fingerprint density at radius 2 is 1.86 bits per heavy atom. The van der Waals surface area contributed by atoms with Crippen molar-refractivity contribution in [3.8, 4) is 11.4 Å². The summed E-state index contributed by atoms with van der Waals surface area (Å²) in [5, 5.41) is 21.2. The summed E-state index contributed by atoms with van der Waals surface area (Å²) in [6.07, 6.45) is -4.64. The van der Waals surface area contributed by atoms with Gasteiger partial charge in [0, 0.05) is 13.1 Å². The predicted molar refractivity (Wildman–Crippen MR) is 89.1 cm³/mol. The minimum Gasteiger partial charge on any atom is -0.481 e. The van der Waals surface area contributed by atoms with Gasteiger partial charge in [-0.1, -0.05) is 12.1 Å². The van der Waals surface area contributed by atoms with Crippen LogP contribution >= 0.6 is 0 Å². The number of aromatic nitrogens is 4. The van der Waals surface area contributed by atoms with Gasteiger partial charge in [-0.2, -0.15) is 17.7 Å². The monoisotopic (exact) mass is 395 g/mol. The molecule has 0 bridgehead atoms. The SMILES string of the molecule is O=C(O)[C@@H]1CN(c2ccc3nnc(-c4ccccc4F)n3n2)C[C@H]1C(F)(F)F. The largest absolute Gasteiger partial charge is 0.481 e. The van der Waals surface area contributed by atoms with E-state index in [1.165, 1.54) is 39.7 Å². The summed E-state index contributed by atoms with van der Waals surface area (Å²) in [5.41, 5.74) is 0.418. The zero-order valence-electron chi connectivity index (χ0n) is 14.1. The van der Waals surface area contributed by atoms with Crippen LogP contribution in [0.1, 0.15) is 0 Å². The molecule has 0 saturated carbocycles. The number of carboxylic acid groups (broad SMARTS) is 1. The van der Waals surface area contributed by atoms with Crippen LogP contribution in [0.2, 0.25) is 0 Å². The van der Waals surface area contributed by atoms with Crippen LogP contribution in [-0.4, -0.2) is 50.2 Å². The molecule has 4 rings (SSSR count). The molecule has 11 heteroatoms. The van der Waals surface area contributed by atoms with Gasteiger partial charge in [0.25, 0.3) is 0 Å². The summed E-state index contributed by atoms with van der Waals surface area (Å²) in [7, 11) is 0. The van der Waals surface area contributed by atoms with Crippen molar-refractivity contribution in [1.82, 2.24) is 19.8 Å². The summed E-state index contributed by atoms with van der Waals surface area (Å²) < 4.78 is 55.0. The molecule has 2 aromatic heterocycles. The van der Waals surface area contributed by atoms with Gasteiger partial charge in [-0.25, -0.2) is 4.39 Å². The van der Waals surface area contributed by atoms with E-state index in [4.69, 9.17) is 5.11 Å². The minimum atomic E-state index is -4.64. The number of halogens is 4. The fourth-order valence-electron chi connectivity index (χ4n) is 3.33. The Bertz CT molecular complexity index is 1050. The minimum absolute atomic E-state index is 0.0938. The van der Waals surface area contributed by atoms with Gasteiger partial charge in [-0.15, -0.1) is 15.3 Å². The first-order valence-electron chi connectivity index (χ1n) is 8.27. The standard InChI is InChI=1S/C17H13F4N5O2/c18-12-4-2-1-3-9(12)15-23-22-13-5-6-14(24-26(13)15)25-7-10(16(27)28)11(8-25)17(19,20)21/h1-6,10-11H,7-8H2,(H,27,28)/t10-,11-/m1/s1. The van der Waals surface area contributed by atoms with E-state index in [9.17, 15) is 22.4 Å². The number of rotatable bonds is 3. The van der Waals surface area contributed by atoms with E-state index in [1.807, 2.05) is 0 Å². The van der Waals surface area contributed by atoms with E-state index >= 15 is 0 Å². The van der Waals surface area contributed by atoms with Crippen LogP contribution in [0.25, 0.3) is 17.0 Å². The topological polar surface area (TPSA) is 83.6 Å². The average Bonchev–Trinajstić information content (AvgIpc) is 3.26. The zero-order chi connectivity index (χ0) is 20.1. The summed E-state index contributed by atoms with van der Waals surface area (Å²) in [6, 6.07) is 8.76. The highest BCUT2D eigenvalue weighted by Gasteiger charge is 2.52. The fourth-order valence-corrected chi connectivity index (χ4v) is 3.33. The number of benzene rings is 1. The Balaban J connectivity index is 1.74. The summed E-state index contributed by atoms with van der Waals surface area (Å²) in [5.74, 6) is -5.44. The molecule has 1 aromatic carbocycles. The number of hydrogen-bond donors (Lipinski definition) is 1. The molecule has 28 heavy (non-hydrogen) atoms. The van der Waals surface area contributed by atoms with Crippen molar-refractivity contribution >= 4 is 17.4 Å². The molecule has 1 aliphatic heterocycles. The first-order valence-corrected chi connectivity index (χ1v) is 8.27. The smallest absolute Gasteiger partial charge is 0.394 e. The molecule has 1 aliphatic rings. The molecular weight excluding hydrogens is 382 g/mol. The lowest BCUT2D eigenvalue weighted by atomic mass is 9.96. The maximum Gasteiger partial charge on any atom is 0.394 e. The molecule has 0 spiro atoms. The van der Waals surface area contributed by atoms with E-state index in [1.54, 1.807) is 6.07 Å². The van der Waals surface area contributed by atoms with Gasteiger partial charge in [0.15, 0.2) is 11.5 Å². The first kappa shape index (κ1) is 18.1. The van der Waals surface area contributed by atoms with E-state index in [0.29, 0.717) is 0 Å². The number of anilines is 1. The summed E-state index contributed by atoms with van der Waals surface area (Å²) >= 11 is 0. The Hall–Kier alpha value is -3.24. The second-order valence-corrected chi connectivity index (χ2v) is 6.46. The normalized spacial score (nSPS) is 20.1. The highest BCUT2D eigenvalue weighted by atomic mass is 19.4. The third-order valence-electron chi connectivity index (χ3n) is 4.74. The molecule has 1 N–H and O–H groups in total. The van der Waals surface area contributed by atoms with Crippen molar-refractivity contribution in [3.05, 3.63) is 42.2 Å². The van der Waals surface area contributed by atoms with Gasteiger partial charge < -0.3 is 10.0 Å². The quantitative estimate of drug-likeness (QED) is 0.687. The lowest BCUT2D eigenvalue weighted by Crippen LogP contribution is -2.33. The number of nitrogens with zero attached hydrogens (tertiary/aromatic N) is 5. The molecule has 3 aromatic rings. The van der Waals surface area contributed by atoms with E-state index in [0.717, 1.165) is 0 Å². The number of alkyl halides is 3. The van der Waals surface area contributed by atoms with Crippen molar-refractivity contribution in [2.75, 3.05) is 18.0 Å². The van der Waals surface area contributed by atoms with Crippen LogP contribution in [-0.2, 0) is 4.79 Å². The second-order valence-electron chi connectivity index (χ2n) is 6.46. The fraction of sp³-hybridized carbons (Fsp3) is 0.294. The van der Waals surface area contributed by atoms with Gasteiger partial charge >= 0.3 is 12.1 Å². The van der Waals surface area contributed by atoms with E-state index in [-0.39, 0.29) is 29.4 Å². The summed E-state index contributed by atoms with van der Waals surface area (Å²) in [6.45, 7) is -0.870. The average molecular weight is 395 g/mol. The number of carbonyl (C=O) groups is 1. The third kappa shape index (κ3) is 3.02. The molecule has 2 atom stereocenters. The van der Waals surface area contributed by atoms with Crippen molar-refractivity contribution in [2.24, 2.45) is 11.8 Å². The number of hydrogen-bond acceptors (Lipinski definition) is 5. The van der Waals surface area contributed by atoms with Crippen molar-refractivity contribution < 1.29 is 27.5 Å². The van der Waals surface area contributed by atoms with Crippen LogP contribution in [0.3, 0.4) is 0 Å². The summed E-state index contributed by atoms with van der Waals surface area (Å²) in [4.78, 5) is 12.5. The van der Waals surface area contributed by atoms with Crippen LogP contribution < -0.4 is 4.90 Å². The molecule has 0 amide bonds. The van der Waals surface area contributed by atoms with Crippen molar-refractivity contribution in [3.63, 3.8) is 0 Å². The van der Waals surface area contributed by atoms with Crippen molar-refractivity contribution in [1.29, 1.82) is 0 Å². The van der Waals surface area contributed by atoms with Crippen LogP contribution in [0, 0.1) is 17.7 Å². The van der Waals surface area contributed by atoms with Gasteiger partial charge in [-0.3, -0.25) is 4.79 Å². The van der Waals surface area contributed by atoms with Crippen LogP contribution in [0.4, 0.5) is 23.4 Å². The predicted octanol–water partition coefficient (Wildman–Crippen LogP) is 2.63. The van der Waals surface area contributed by atoms with Crippen LogP contribution in [0.5, 0.6) is 0 Å². The molecule has 1 fully saturated rings. The Kier molecular flexibility index (Phi) is 4.16. The van der Waals surface area contributed by atoms with Gasteiger partial charge in [0.1, 0.15) is 11.6 Å². The Labute approximate surface area is 155 Å². The van der Waals surface area contributed by atoms with E-state index in [2.05, 4.69) is 15.3 Å². The first-order chi connectivity index (χ1) is 13.3. The van der Waals surface area contributed by atoms with E-state index < -0.39 is 36.3 Å². The molecule has 7 nitrogen and oxygen atoms in total. The number of aliphatic carboxylic acids is 1. The van der Waals surface area contributed by atoms with Gasteiger partial charge in [0.05, 0.1) is 17.4 Å². The van der Waals surface area contributed by atoms with Crippen LogP contribution in [0.15, 0.2) is 36.4 Å². The zero-order valence-corrected chi connectivity index (χ0v) is 14.1. The molecule has 146 valence electrons. The molecule has 3 heterocycles. The highest BCUT2D eigenvalue weighted by Crippen LogP contribution is 2.39. The molecule has 1 saturated heterocycles. The highest BCUT2D eigenvalue weighted by molar-refractivity contribution is 5.72. The Morgan fingerprint density at radius 3 is 2.50 bits per heavy atom. The number of fused-ring (bicyclic) bond motifs is 1. The maximum atomic E-state index is 14.1. The number of carboxylic acids is 1. The second kappa shape index (κ2) is 6.43. The molecular formula is C17H13F4N5O2. The maximum absolute atomic E-state index is 14.1. The third-order valence-corrected chi connectivity index (χ3v) is 4.74. The Morgan fingerprint density at radius 1 is 1.11 bits per heavy atom. The molecule has 0 radical (unpaired) electrons. The van der Waals surface area contributed by atoms with Crippen molar-refractivity contribution in [2.45, 2.75) is 6.18 Å².